The molecule has 2 unspecified atom stereocenters. The van der Waals surface area contributed by atoms with Gasteiger partial charge in [-0.3, -0.25) is 10.1 Å². The minimum absolute atomic E-state index is 0.0601. The van der Waals surface area contributed by atoms with Crippen LogP contribution in [0.15, 0.2) is 11.5 Å². The first kappa shape index (κ1) is 14.5. The molecule has 1 fully saturated rings. The lowest BCUT2D eigenvalue weighted by atomic mass is 10.2. The summed E-state index contributed by atoms with van der Waals surface area (Å²) in [6, 6.07) is -0.572. The molecule has 1 amide bonds. The van der Waals surface area contributed by atoms with Crippen molar-refractivity contribution in [1.29, 1.82) is 0 Å². The SMILES string of the molecule is CC(NC1C=CS(=O)(=O)C1)C(=O)N1CCCCCC1. The number of hydrogen-bond donors (Lipinski definition) is 1. The van der Waals surface area contributed by atoms with E-state index in [9.17, 15) is 13.2 Å². The molecule has 0 spiro atoms. The van der Waals surface area contributed by atoms with E-state index in [0.717, 1.165) is 25.9 Å². The van der Waals surface area contributed by atoms with E-state index in [4.69, 9.17) is 0 Å². The maximum Gasteiger partial charge on any atom is 0.239 e. The molecule has 2 aliphatic heterocycles. The Balaban J connectivity index is 1.87. The van der Waals surface area contributed by atoms with Crippen molar-refractivity contribution < 1.29 is 13.2 Å². The van der Waals surface area contributed by atoms with Crippen LogP contribution in [0.5, 0.6) is 0 Å². The average Bonchev–Trinajstić information content (AvgIpc) is 2.59. The molecule has 0 aromatic heterocycles. The zero-order valence-electron chi connectivity index (χ0n) is 11.3. The van der Waals surface area contributed by atoms with Crippen molar-refractivity contribution in [3.05, 3.63) is 11.5 Å². The molecule has 0 aromatic rings. The number of nitrogens with zero attached hydrogens (tertiary/aromatic N) is 1. The van der Waals surface area contributed by atoms with Crippen LogP contribution in [0, 0.1) is 0 Å². The Labute approximate surface area is 115 Å². The van der Waals surface area contributed by atoms with Crippen molar-refractivity contribution in [1.82, 2.24) is 10.2 Å². The lowest BCUT2D eigenvalue weighted by Crippen LogP contribution is -2.48. The Hall–Kier alpha value is -0.880. The number of amides is 1. The van der Waals surface area contributed by atoms with Crippen molar-refractivity contribution in [3.63, 3.8) is 0 Å². The van der Waals surface area contributed by atoms with E-state index in [1.165, 1.54) is 18.2 Å². The van der Waals surface area contributed by atoms with Crippen LogP contribution in [0.2, 0.25) is 0 Å². The number of sulfone groups is 1. The summed E-state index contributed by atoms with van der Waals surface area (Å²) in [4.78, 5) is 14.2. The molecule has 19 heavy (non-hydrogen) atoms. The summed E-state index contributed by atoms with van der Waals surface area (Å²) in [5.74, 6) is 0.143. The maximum atomic E-state index is 12.3. The fourth-order valence-electron chi connectivity index (χ4n) is 2.64. The van der Waals surface area contributed by atoms with Crippen molar-refractivity contribution in [2.75, 3.05) is 18.8 Å². The zero-order chi connectivity index (χ0) is 13.9. The monoisotopic (exact) mass is 286 g/mol. The smallest absolute Gasteiger partial charge is 0.239 e. The van der Waals surface area contributed by atoms with Crippen molar-refractivity contribution in [2.45, 2.75) is 44.7 Å². The summed E-state index contributed by atoms with van der Waals surface area (Å²) in [7, 11) is -3.07. The van der Waals surface area contributed by atoms with Gasteiger partial charge in [-0.1, -0.05) is 18.9 Å². The number of nitrogens with one attached hydrogen (secondary N) is 1. The molecule has 108 valence electrons. The topological polar surface area (TPSA) is 66.5 Å². The minimum Gasteiger partial charge on any atom is -0.341 e. The number of rotatable bonds is 3. The summed E-state index contributed by atoms with van der Waals surface area (Å²) in [5, 5.41) is 4.32. The van der Waals surface area contributed by atoms with Crippen LogP contribution in [0.4, 0.5) is 0 Å². The molecule has 2 atom stereocenters. The Morgan fingerprint density at radius 1 is 1.26 bits per heavy atom. The van der Waals surface area contributed by atoms with E-state index in [0.29, 0.717) is 0 Å². The molecule has 0 aliphatic carbocycles. The van der Waals surface area contributed by atoms with Crippen molar-refractivity contribution in [2.24, 2.45) is 0 Å². The molecule has 0 aromatic carbocycles. The van der Waals surface area contributed by atoms with Gasteiger partial charge in [0.05, 0.1) is 11.8 Å². The molecule has 2 heterocycles. The van der Waals surface area contributed by atoms with Gasteiger partial charge in [0.2, 0.25) is 5.91 Å². The lowest BCUT2D eigenvalue weighted by molar-refractivity contribution is -0.133. The highest BCUT2D eigenvalue weighted by atomic mass is 32.2. The number of hydrogen-bond acceptors (Lipinski definition) is 4. The van der Waals surface area contributed by atoms with Gasteiger partial charge in [0.15, 0.2) is 9.84 Å². The first-order chi connectivity index (χ1) is 8.98. The van der Waals surface area contributed by atoms with E-state index >= 15 is 0 Å². The highest BCUT2D eigenvalue weighted by Crippen LogP contribution is 2.12. The Kier molecular flexibility index (Phi) is 4.62. The summed E-state index contributed by atoms with van der Waals surface area (Å²) in [5.41, 5.74) is 0. The van der Waals surface area contributed by atoms with Gasteiger partial charge in [0.1, 0.15) is 0 Å². The van der Waals surface area contributed by atoms with Crippen LogP contribution in [0.1, 0.15) is 32.6 Å². The molecule has 6 heteroatoms. The summed E-state index contributed by atoms with van der Waals surface area (Å²) < 4.78 is 22.6. The first-order valence-electron chi connectivity index (χ1n) is 6.94. The first-order valence-corrected chi connectivity index (χ1v) is 8.65. The van der Waals surface area contributed by atoms with Crippen LogP contribution in [-0.4, -0.2) is 50.2 Å². The number of carbonyl (C=O) groups is 1. The van der Waals surface area contributed by atoms with Gasteiger partial charge in [-0.05, 0) is 19.8 Å². The molecule has 0 radical (unpaired) electrons. The Morgan fingerprint density at radius 3 is 2.42 bits per heavy atom. The molecule has 0 bridgehead atoms. The van der Waals surface area contributed by atoms with Gasteiger partial charge >= 0.3 is 0 Å². The molecule has 1 N–H and O–H groups in total. The van der Waals surface area contributed by atoms with Gasteiger partial charge < -0.3 is 4.90 Å². The molecular formula is C13H22N2O3S. The van der Waals surface area contributed by atoms with E-state index < -0.39 is 9.84 Å². The summed E-state index contributed by atoms with van der Waals surface area (Å²) in [6.07, 6.45) is 6.14. The minimum atomic E-state index is -3.07. The third-order valence-corrected chi connectivity index (χ3v) is 5.08. The maximum absolute atomic E-state index is 12.3. The second kappa shape index (κ2) is 6.05. The predicted molar refractivity (Wildman–Crippen MR) is 74.4 cm³/mol. The average molecular weight is 286 g/mol. The van der Waals surface area contributed by atoms with E-state index in [1.807, 2.05) is 11.8 Å². The second-order valence-electron chi connectivity index (χ2n) is 5.39. The quantitative estimate of drug-likeness (QED) is 0.828. The normalized spacial score (nSPS) is 28.1. The Morgan fingerprint density at radius 2 is 1.89 bits per heavy atom. The molecule has 2 aliphatic rings. The van der Waals surface area contributed by atoms with Crippen molar-refractivity contribution in [3.8, 4) is 0 Å². The predicted octanol–water partition coefficient (Wildman–Crippen LogP) is 0.678. The van der Waals surface area contributed by atoms with E-state index in [2.05, 4.69) is 5.32 Å². The standard InChI is InChI=1S/C13H22N2O3S/c1-11(14-12-6-9-19(17,18)10-12)13(16)15-7-4-2-3-5-8-15/h6,9,11-12,14H,2-5,7-8,10H2,1H3. The second-order valence-corrected chi connectivity index (χ2v) is 7.32. The largest absolute Gasteiger partial charge is 0.341 e. The van der Waals surface area contributed by atoms with Crippen LogP contribution >= 0.6 is 0 Å². The lowest BCUT2D eigenvalue weighted by Gasteiger charge is -2.26. The highest BCUT2D eigenvalue weighted by molar-refractivity contribution is 7.94. The van der Waals surface area contributed by atoms with E-state index in [1.54, 1.807) is 6.08 Å². The van der Waals surface area contributed by atoms with Crippen LogP contribution in [0.25, 0.3) is 0 Å². The molecular weight excluding hydrogens is 264 g/mol. The fraction of sp³-hybridized carbons (Fsp3) is 0.769. The summed E-state index contributed by atoms with van der Waals surface area (Å²) >= 11 is 0. The molecule has 1 saturated heterocycles. The van der Waals surface area contributed by atoms with Crippen molar-refractivity contribution >= 4 is 15.7 Å². The summed E-state index contributed by atoms with van der Waals surface area (Å²) in [6.45, 7) is 3.46. The van der Waals surface area contributed by atoms with Gasteiger partial charge in [0.25, 0.3) is 0 Å². The highest BCUT2D eigenvalue weighted by Gasteiger charge is 2.27. The van der Waals surface area contributed by atoms with Gasteiger partial charge in [-0.25, -0.2) is 8.42 Å². The third-order valence-electron chi connectivity index (χ3n) is 3.68. The molecule has 0 saturated carbocycles. The van der Waals surface area contributed by atoms with Gasteiger partial charge in [0, 0.05) is 24.5 Å². The molecule has 5 nitrogen and oxygen atoms in total. The number of likely N-dealkylation sites (tertiary alicyclic amines) is 1. The van der Waals surface area contributed by atoms with Gasteiger partial charge in [-0.2, -0.15) is 0 Å². The number of carbonyl (C=O) groups excluding carboxylic acids is 1. The third kappa shape index (κ3) is 4.04. The van der Waals surface area contributed by atoms with Crippen LogP contribution in [0.3, 0.4) is 0 Å². The van der Waals surface area contributed by atoms with E-state index in [-0.39, 0.29) is 23.7 Å². The van der Waals surface area contributed by atoms with Crippen LogP contribution < -0.4 is 5.32 Å². The molecule has 2 rings (SSSR count). The Bertz CT molecular complexity index is 451. The van der Waals surface area contributed by atoms with Gasteiger partial charge in [-0.15, -0.1) is 0 Å². The zero-order valence-corrected chi connectivity index (χ0v) is 12.2. The van der Waals surface area contributed by atoms with Crippen LogP contribution in [-0.2, 0) is 14.6 Å². The fourth-order valence-corrected chi connectivity index (χ4v) is 3.89.